The van der Waals surface area contributed by atoms with Crippen LogP contribution < -0.4 is 19.5 Å². The van der Waals surface area contributed by atoms with E-state index in [4.69, 9.17) is 14.2 Å². The van der Waals surface area contributed by atoms with Crippen LogP contribution in [-0.2, 0) is 0 Å². The number of hydrogen-bond donors (Lipinski definition) is 1. The van der Waals surface area contributed by atoms with Crippen LogP contribution in [0.3, 0.4) is 0 Å². The van der Waals surface area contributed by atoms with Gasteiger partial charge in [0.05, 0.1) is 30.1 Å². The van der Waals surface area contributed by atoms with E-state index in [-0.39, 0.29) is 0 Å². The number of anilines is 1. The van der Waals surface area contributed by atoms with Crippen molar-refractivity contribution in [3.8, 4) is 17.2 Å². The van der Waals surface area contributed by atoms with Crippen molar-refractivity contribution in [3.63, 3.8) is 0 Å². The molecule has 1 aliphatic rings. The van der Waals surface area contributed by atoms with E-state index in [1.165, 1.54) is 0 Å². The van der Waals surface area contributed by atoms with Crippen molar-refractivity contribution in [3.05, 3.63) is 58.9 Å². The average molecular weight is 366 g/mol. The molecule has 2 heterocycles. The lowest BCUT2D eigenvalue weighted by Gasteiger charge is -2.00. The molecule has 6 heteroatoms. The van der Waals surface area contributed by atoms with E-state index in [2.05, 4.69) is 10.3 Å². The molecule has 26 heavy (non-hydrogen) atoms. The number of ether oxygens (including phenoxy) is 3. The lowest BCUT2D eigenvalue weighted by Crippen LogP contribution is -1.96. The fraction of sp³-hybridized carbons (Fsp3) is 0.150. The Balaban J connectivity index is 1.56. The second kappa shape index (κ2) is 6.72. The Labute approximate surface area is 155 Å². The molecular weight excluding hydrogens is 348 g/mol. The number of nitrogens with zero attached hydrogens (tertiary/aromatic N) is 1. The third-order valence-electron chi connectivity index (χ3n) is 3.99. The molecule has 5 nitrogen and oxygen atoms in total. The molecule has 0 bridgehead atoms. The van der Waals surface area contributed by atoms with Gasteiger partial charge in [-0.25, -0.2) is 4.98 Å². The molecule has 1 N–H and O–H groups in total. The third-order valence-corrected chi connectivity index (χ3v) is 4.97. The van der Waals surface area contributed by atoms with Crippen LogP contribution in [0.2, 0.25) is 0 Å². The number of fused-ring (bicyclic) bond motifs is 2. The van der Waals surface area contributed by atoms with Crippen LogP contribution in [0.4, 0.5) is 5.69 Å². The zero-order valence-corrected chi connectivity index (χ0v) is 15.5. The van der Waals surface area contributed by atoms with Gasteiger partial charge in [0, 0.05) is 18.2 Å². The van der Waals surface area contributed by atoms with Crippen LogP contribution in [0.1, 0.15) is 11.9 Å². The molecule has 132 valence electrons. The van der Waals surface area contributed by atoms with E-state index in [9.17, 15) is 0 Å². The molecule has 0 saturated carbocycles. The maximum Gasteiger partial charge on any atom is 0.198 e. The van der Waals surface area contributed by atoms with Crippen molar-refractivity contribution in [1.82, 2.24) is 4.98 Å². The SMILES string of the molecule is COc1ccc2c(c1)N/C(=C/C(C)=C/c1nc3cc(OC)ccc3s1)O2. The number of aromatic nitrogens is 1. The van der Waals surface area contributed by atoms with Gasteiger partial charge in [0.1, 0.15) is 16.5 Å². The summed E-state index contributed by atoms with van der Waals surface area (Å²) >= 11 is 1.64. The van der Waals surface area contributed by atoms with E-state index < -0.39 is 0 Å². The van der Waals surface area contributed by atoms with Gasteiger partial charge in [-0.2, -0.15) is 0 Å². The Morgan fingerprint density at radius 2 is 1.88 bits per heavy atom. The summed E-state index contributed by atoms with van der Waals surface area (Å²) in [5, 5.41) is 4.20. The number of thiazole rings is 1. The maximum absolute atomic E-state index is 5.82. The highest BCUT2D eigenvalue weighted by molar-refractivity contribution is 7.19. The number of methoxy groups -OCH3 is 2. The highest BCUT2D eigenvalue weighted by Crippen LogP contribution is 2.36. The number of allylic oxidation sites excluding steroid dienone is 2. The molecule has 1 aliphatic heterocycles. The largest absolute Gasteiger partial charge is 0.497 e. The summed E-state index contributed by atoms with van der Waals surface area (Å²) in [5.41, 5.74) is 2.88. The molecule has 0 radical (unpaired) electrons. The zero-order chi connectivity index (χ0) is 18.1. The summed E-state index contributed by atoms with van der Waals surface area (Å²) in [5.74, 6) is 3.08. The number of benzene rings is 2. The first-order chi connectivity index (χ1) is 12.6. The molecule has 0 saturated heterocycles. The second-order valence-corrected chi connectivity index (χ2v) is 6.93. The number of nitrogens with one attached hydrogen (secondary N) is 1. The van der Waals surface area contributed by atoms with Gasteiger partial charge in [0.15, 0.2) is 11.6 Å². The fourth-order valence-electron chi connectivity index (χ4n) is 2.72. The lowest BCUT2D eigenvalue weighted by atomic mass is 10.2. The number of rotatable bonds is 4. The highest BCUT2D eigenvalue weighted by atomic mass is 32.1. The van der Waals surface area contributed by atoms with Gasteiger partial charge >= 0.3 is 0 Å². The Morgan fingerprint density at radius 3 is 2.69 bits per heavy atom. The Hall–Kier alpha value is -2.99. The van der Waals surface area contributed by atoms with Gasteiger partial charge in [0.2, 0.25) is 0 Å². The Morgan fingerprint density at radius 1 is 1.12 bits per heavy atom. The van der Waals surface area contributed by atoms with Crippen molar-refractivity contribution in [2.75, 3.05) is 19.5 Å². The van der Waals surface area contributed by atoms with Crippen LogP contribution >= 0.6 is 11.3 Å². The first kappa shape index (κ1) is 16.5. The van der Waals surface area contributed by atoms with Crippen molar-refractivity contribution < 1.29 is 14.2 Å². The second-order valence-electron chi connectivity index (χ2n) is 5.87. The van der Waals surface area contributed by atoms with E-state index in [1.807, 2.05) is 55.5 Å². The molecule has 3 aromatic rings. The standard InChI is InChI=1S/C20H18N2O3S/c1-12(8-19-21-15-10-13(23-2)4-6-17(15)25-19)9-20-22-16-11-14(24-3)5-7-18(16)26-20/h4-11,21H,1-3H3/b12-9+,19-8-. The number of hydrogen-bond acceptors (Lipinski definition) is 6. The molecular formula is C20H18N2O3S. The average Bonchev–Trinajstić information content (AvgIpc) is 3.22. The zero-order valence-electron chi connectivity index (χ0n) is 14.7. The predicted octanol–water partition coefficient (Wildman–Crippen LogP) is 5.06. The van der Waals surface area contributed by atoms with Crippen molar-refractivity contribution in [2.45, 2.75) is 6.92 Å². The van der Waals surface area contributed by atoms with E-state index in [0.717, 1.165) is 43.7 Å². The van der Waals surface area contributed by atoms with Gasteiger partial charge in [0.25, 0.3) is 0 Å². The summed E-state index contributed by atoms with van der Waals surface area (Å²) < 4.78 is 17.4. The van der Waals surface area contributed by atoms with Gasteiger partial charge in [-0.15, -0.1) is 11.3 Å². The summed E-state index contributed by atoms with van der Waals surface area (Å²) in [6.07, 6.45) is 4.00. The van der Waals surface area contributed by atoms with Crippen molar-refractivity contribution in [2.24, 2.45) is 0 Å². The fourth-order valence-corrected chi connectivity index (χ4v) is 3.68. The molecule has 0 unspecified atom stereocenters. The third kappa shape index (κ3) is 3.23. The predicted molar refractivity (Wildman–Crippen MR) is 105 cm³/mol. The van der Waals surface area contributed by atoms with Crippen LogP contribution in [0.5, 0.6) is 17.2 Å². The van der Waals surface area contributed by atoms with Crippen LogP contribution in [0, 0.1) is 0 Å². The molecule has 0 amide bonds. The summed E-state index contributed by atoms with van der Waals surface area (Å²) in [6.45, 7) is 2.02. The maximum atomic E-state index is 5.82. The van der Waals surface area contributed by atoms with Crippen LogP contribution in [0.25, 0.3) is 16.3 Å². The van der Waals surface area contributed by atoms with E-state index >= 15 is 0 Å². The van der Waals surface area contributed by atoms with Gasteiger partial charge in [-0.1, -0.05) is 0 Å². The van der Waals surface area contributed by atoms with Crippen LogP contribution in [-0.4, -0.2) is 19.2 Å². The van der Waals surface area contributed by atoms with Gasteiger partial charge < -0.3 is 19.5 Å². The molecule has 0 fully saturated rings. The Kier molecular flexibility index (Phi) is 4.26. The normalized spacial score (nSPS) is 14.9. The van der Waals surface area contributed by atoms with Crippen molar-refractivity contribution in [1.29, 1.82) is 0 Å². The van der Waals surface area contributed by atoms with E-state index in [0.29, 0.717) is 5.88 Å². The van der Waals surface area contributed by atoms with Gasteiger partial charge in [-0.3, -0.25) is 0 Å². The minimum Gasteiger partial charge on any atom is -0.497 e. The molecule has 4 rings (SSSR count). The minimum absolute atomic E-state index is 0.685. The molecule has 2 aromatic carbocycles. The Bertz CT molecular complexity index is 1040. The molecule has 1 aromatic heterocycles. The molecule has 0 spiro atoms. The quantitative estimate of drug-likeness (QED) is 0.699. The summed E-state index contributed by atoms with van der Waals surface area (Å²) in [7, 11) is 3.31. The topological polar surface area (TPSA) is 52.6 Å². The minimum atomic E-state index is 0.685. The first-order valence-corrected chi connectivity index (χ1v) is 8.94. The first-order valence-electron chi connectivity index (χ1n) is 8.12. The monoisotopic (exact) mass is 366 g/mol. The van der Waals surface area contributed by atoms with E-state index in [1.54, 1.807) is 25.6 Å². The molecule has 0 aliphatic carbocycles. The van der Waals surface area contributed by atoms with Gasteiger partial charge in [-0.05, 0) is 42.8 Å². The molecule has 0 atom stereocenters. The highest BCUT2D eigenvalue weighted by Gasteiger charge is 2.17. The van der Waals surface area contributed by atoms with Crippen LogP contribution in [0.15, 0.2) is 53.9 Å². The summed E-state index contributed by atoms with van der Waals surface area (Å²) in [4.78, 5) is 4.65. The summed E-state index contributed by atoms with van der Waals surface area (Å²) in [6, 6.07) is 11.6. The van der Waals surface area contributed by atoms with Crippen molar-refractivity contribution >= 4 is 33.3 Å². The smallest absolute Gasteiger partial charge is 0.198 e. The lowest BCUT2D eigenvalue weighted by molar-refractivity contribution is 0.413.